The molecule has 1 aromatic carbocycles. The molecule has 10 unspecified atom stereocenters. The van der Waals surface area contributed by atoms with E-state index >= 15 is 0 Å². The third-order valence-electron chi connectivity index (χ3n) is 12.4. The summed E-state index contributed by atoms with van der Waals surface area (Å²) < 4.78 is 0. The number of hydrogen-bond donors (Lipinski definition) is 1. The van der Waals surface area contributed by atoms with Crippen LogP contribution < -0.4 is 0 Å². The molecule has 0 bridgehead atoms. The average molecular weight is 521 g/mol. The predicted molar refractivity (Wildman–Crippen MR) is 153 cm³/mol. The molecule has 3 nitrogen and oxygen atoms in total. The Morgan fingerprint density at radius 1 is 0.947 bits per heavy atom. The zero-order chi connectivity index (χ0) is 27.2. The predicted octanol–water partition coefficient (Wildman–Crippen LogP) is 7.69. The van der Waals surface area contributed by atoms with Gasteiger partial charge in [0, 0.05) is 12.8 Å². The van der Waals surface area contributed by atoms with Crippen molar-refractivity contribution in [1.29, 1.82) is 0 Å². The topological polar surface area (TPSA) is 54.4 Å². The van der Waals surface area contributed by atoms with Crippen molar-refractivity contribution in [1.82, 2.24) is 0 Å². The maximum atomic E-state index is 13.5. The third kappa shape index (κ3) is 4.95. The minimum atomic E-state index is -0.545. The van der Waals surface area contributed by atoms with Crippen LogP contribution in [0.4, 0.5) is 0 Å². The first-order chi connectivity index (χ1) is 18.0. The van der Waals surface area contributed by atoms with Crippen molar-refractivity contribution in [2.24, 2.45) is 58.2 Å². The zero-order valence-electron chi connectivity index (χ0n) is 24.6. The summed E-state index contributed by atoms with van der Waals surface area (Å²) in [6.07, 6.45) is 10.9. The van der Waals surface area contributed by atoms with Crippen LogP contribution in [0.2, 0.25) is 0 Å². The van der Waals surface area contributed by atoms with Crippen molar-refractivity contribution in [2.45, 2.75) is 111 Å². The SMILES string of the molecule is CC(C)CCCC(C)C1CCC2C3CC(O)C4CC(C(=O)Cc5ccccc5)C(=O)CC4(C)C3CCC12C. The maximum Gasteiger partial charge on any atom is 0.147 e. The van der Waals surface area contributed by atoms with E-state index in [1.807, 2.05) is 30.3 Å². The fraction of sp³-hybridized carbons (Fsp3) is 0.771. The molecule has 210 valence electrons. The number of fused-ring (bicyclic) bond motifs is 5. The highest BCUT2D eigenvalue weighted by atomic mass is 16.3. The summed E-state index contributed by atoms with van der Waals surface area (Å²) in [5.74, 6) is 3.71. The summed E-state index contributed by atoms with van der Waals surface area (Å²) in [6, 6.07) is 9.78. The van der Waals surface area contributed by atoms with Crippen LogP contribution in [0.15, 0.2) is 30.3 Å². The molecule has 0 aliphatic heterocycles. The third-order valence-corrected chi connectivity index (χ3v) is 12.4. The number of Topliss-reactive ketones (excluding diaryl/α,β-unsaturated/α-hetero) is 2. The van der Waals surface area contributed by atoms with Gasteiger partial charge in [0.1, 0.15) is 11.6 Å². The quantitative estimate of drug-likeness (QED) is 0.358. The Bertz CT molecular complexity index is 1000. The monoisotopic (exact) mass is 520 g/mol. The molecule has 1 aromatic rings. The number of ketones is 2. The van der Waals surface area contributed by atoms with E-state index in [9.17, 15) is 14.7 Å². The highest BCUT2D eigenvalue weighted by Crippen LogP contribution is 2.68. The van der Waals surface area contributed by atoms with Gasteiger partial charge in [-0.25, -0.2) is 0 Å². The van der Waals surface area contributed by atoms with E-state index in [0.717, 1.165) is 29.7 Å². The maximum absolute atomic E-state index is 13.5. The fourth-order valence-corrected chi connectivity index (χ4v) is 10.4. The van der Waals surface area contributed by atoms with Gasteiger partial charge in [-0.15, -0.1) is 0 Å². The van der Waals surface area contributed by atoms with Gasteiger partial charge >= 0.3 is 0 Å². The molecule has 0 aromatic heterocycles. The number of aliphatic hydroxyl groups excluding tert-OH is 1. The van der Waals surface area contributed by atoms with Crippen LogP contribution in [-0.2, 0) is 16.0 Å². The van der Waals surface area contributed by atoms with E-state index in [1.165, 1.54) is 44.9 Å². The van der Waals surface area contributed by atoms with Crippen molar-refractivity contribution in [3.63, 3.8) is 0 Å². The van der Waals surface area contributed by atoms with Crippen molar-refractivity contribution in [3.05, 3.63) is 35.9 Å². The molecule has 3 heteroatoms. The molecule has 0 radical (unpaired) electrons. The summed E-state index contributed by atoms with van der Waals surface area (Å²) in [7, 11) is 0. The van der Waals surface area contributed by atoms with Crippen molar-refractivity contribution in [3.8, 4) is 0 Å². The lowest BCUT2D eigenvalue weighted by Gasteiger charge is -2.62. The van der Waals surface area contributed by atoms with E-state index < -0.39 is 12.0 Å². The Morgan fingerprint density at radius 3 is 2.37 bits per heavy atom. The Balaban J connectivity index is 1.30. The van der Waals surface area contributed by atoms with Gasteiger partial charge in [-0.2, -0.15) is 0 Å². The molecule has 0 spiro atoms. The standard InChI is InChI=1S/C35H52O3/c1-22(2)10-9-11-23(3)27-14-15-28-25-20-32(37)30-19-26(31(36)18-24-12-7-6-8-13-24)33(38)21-35(30,5)29(25)16-17-34(27,28)4/h6-8,12-13,22-23,25-30,32,37H,9-11,14-21H2,1-5H3. The second kappa shape index (κ2) is 10.8. The first kappa shape index (κ1) is 28.1. The molecule has 1 N–H and O–H groups in total. The number of hydrogen-bond acceptors (Lipinski definition) is 3. The minimum absolute atomic E-state index is 0.0406. The van der Waals surface area contributed by atoms with Gasteiger partial charge in [0.2, 0.25) is 0 Å². The van der Waals surface area contributed by atoms with E-state index in [2.05, 4.69) is 34.6 Å². The highest BCUT2D eigenvalue weighted by Gasteiger charge is 2.63. The molecular weight excluding hydrogens is 468 g/mol. The zero-order valence-corrected chi connectivity index (χ0v) is 24.6. The number of aliphatic hydroxyl groups is 1. The van der Waals surface area contributed by atoms with E-state index in [-0.39, 0.29) is 22.9 Å². The Labute approximate surface area is 231 Å². The first-order valence-electron chi connectivity index (χ1n) is 15.8. The molecule has 4 saturated carbocycles. The average Bonchev–Trinajstić information content (AvgIpc) is 3.21. The second-order valence-corrected chi connectivity index (χ2v) is 14.9. The normalized spacial score (nSPS) is 41.3. The first-order valence-corrected chi connectivity index (χ1v) is 15.8. The van der Waals surface area contributed by atoms with E-state index in [4.69, 9.17) is 0 Å². The number of carbonyl (C=O) groups excluding carboxylic acids is 2. The molecule has 4 fully saturated rings. The molecular formula is C35H52O3. The summed E-state index contributed by atoms with van der Waals surface area (Å²) in [5.41, 5.74) is 1.17. The summed E-state index contributed by atoms with van der Waals surface area (Å²) >= 11 is 0. The van der Waals surface area contributed by atoms with E-state index in [1.54, 1.807) is 0 Å². The Morgan fingerprint density at radius 2 is 1.66 bits per heavy atom. The van der Waals surface area contributed by atoms with Gasteiger partial charge in [-0.1, -0.05) is 84.2 Å². The molecule has 10 atom stereocenters. The highest BCUT2D eigenvalue weighted by molar-refractivity contribution is 6.04. The van der Waals surface area contributed by atoms with Gasteiger partial charge in [0.05, 0.1) is 12.0 Å². The van der Waals surface area contributed by atoms with Crippen LogP contribution in [0.5, 0.6) is 0 Å². The van der Waals surface area contributed by atoms with Gasteiger partial charge in [0.15, 0.2) is 0 Å². The molecule has 0 heterocycles. The molecule has 0 saturated heterocycles. The van der Waals surface area contributed by atoms with Crippen LogP contribution in [0.25, 0.3) is 0 Å². The Kier molecular flexibility index (Phi) is 8.00. The van der Waals surface area contributed by atoms with E-state index in [0.29, 0.717) is 42.4 Å². The lowest BCUT2D eigenvalue weighted by atomic mass is 9.43. The number of benzene rings is 1. The second-order valence-electron chi connectivity index (χ2n) is 14.9. The molecule has 38 heavy (non-hydrogen) atoms. The summed E-state index contributed by atoms with van der Waals surface area (Å²) in [5, 5.41) is 11.6. The fourth-order valence-electron chi connectivity index (χ4n) is 10.4. The number of carbonyl (C=O) groups is 2. The molecule has 4 aliphatic rings. The van der Waals surface area contributed by atoms with Gasteiger partial charge < -0.3 is 5.11 Å². The molecule has 4 aliphatic carbocycles. The van der Waals surface area contributed by atoms with Crippen LogP contribution >= 0.6 is 0 Å². The van der Waals surface area contributed by atoms with Crippen molar-refractivity contribution in [2.75, 3.05) is 0 Å². The number of rotatable bonds is 8. The smallest absolute Gasteiger partial charge is 0.147 e. The molecule has 0 amide bonds. The largest absolute Gasteiger partial charge is 0.393 e. The summed E-state index contributed by atoms with van der Waals surface area (Å²) in [4.78, 5) is 26.8. The lowest BCUT2D eigenvalue weighted by Crippen LogP contribution is -2.59. The van der Waals surface area contributed by atoms with Crippen LogP contribution in [0.1, 0.15) is 104 Å². The van der Waals surface area contributed by atoms with Crippen LogP contribution in [0, 0.1) is 58.2 Å². The Hall–Kier alpha value is -1.48. The lowest BCUT2D eigenvalue weighted by molar-refractivity contribution is -0.174. The van der Waals surface area contributed by atoms with Crippen molar-refractivity contribution < 1.29 is 14.7 Å². The van der Waals surface area contributed by atoms with Gasteiger partial charge in [-0.3, -0.25) is 9.59 Å². The summed E-state index contributed by atoms with van der Waals surface area (Å²) in [6.45, 7) is 12.0. The minimum Gasteiger partial charge on any atom is -0.393 e. The van der Waals surface area contributed by atoms with Crippen LogP contribution in [-0.4, -0.2) is 22.8 Å². The van der Waals surface area contributed by atoms with Crippen LogP contribution in [0.3, 0.4) is 0 Å². The molecule has 5 rings (SSSR count). The van der Waals surface area contributed by atoms with Gasteiger partial charge in [-0.05, 0) is 96.3 Å². The van der Waals surface area contributed by atoms with Gasteiger partial charge in [0.25, 0.3) is 0 Å². The van der Waals surface area contributed by atoms with Crippen molar-refractivity contribution >= 4 is 11.6 Å².